The fraction of sp³-hybridized carbons (Fsp3) is 1.00. The molecule has 0 spiro atoms. The maximum atomic E-state index is 12.2. The molecule has 0 unspecified atom stereocenters. The van der Waals surface area contributed by atoms with E-state index >= 15 is 0 Å². The standard InChI is InChI=1S/C12H25N3O2S/c13-6-1-2-7-14-8-3-9-15(11-10-14)18(16,17)12-4-5-12/h12H,1-11,13H2. The van der Waals surface area contributed by atoms with Gasteiger partial charge in [0.15, 0.2) is 0 Å². The molecule has 0 atom stereocenters. The van der Waals surface area contributed by atoms with E-state index in [0.29, 0.717) is 13.1 Å². The van der Waals surface area contributed by atoms with Crippen LogP contribution in [0.5, 0.6) is 0 Å². The van der Waals surface area contributed by atoms with Gasteiger partial charge in [-0.1, -0.05) is 0 Å². The third-order valence-electron chi connectivity index (χ3n) is 3.78. The lowest BCUT2D eigenvalue weighted by atomic mass is 10.3. The van der Waals surface area contributed by atoms with Crippen LogP contribution in [0, 0.1) is 0 Å². The smallest absolute Gasteiger partial charge is 0.217 e. The zero-order valence-electron chi connectivity index (χ0n) is 11.1. The van der Waals surface area contributed by atoms with Crippen molar-refractivity contribution in [2.24, 2.45) is 5.73 Å². The van der Waals surface area contributed by atoms with E-state index in [4.69, 9.17) is 5.73 Å². The Bertz CT molecular complexity index is 354. The van der Waals surface area contributed by atoms with Crippen molar-refractivity contribution >= 4 is 10.0 Å². The average molecular weight is 275 g/mol. The highest BCUT2D eigenvalue weighted by atomic mass is 32.2. The van der Waals surface area contributed by atoms with Gasteiger partial charge in [-0.25, -0.2) is 12.7 Å². The fourth-order valence-electron chi connectivity index (χ4n) is 2.48. The molecule has 106 valence electrons. The minimum Gasteiger partial charge on any atom is -0.330 e. The topological polar surface area (TPSA) is 66.6 Å². The molecule has 0 bridgehead atoms. The first-order valence-corrected chi connectivity index (χ1v) is 8.56. The van der Waals surface area contributed by atoms with Crippen LogP contribution >= 0.6 is 0 Å². The maximum absolute atomic E-state index is 12.2. The molecule has 18 heavy (non-hydrogen) atoms. The maximum Gasteiger partial charge on any atom is 0.217 e. The van der Waals surface area contributed by atoms with Crippen LogP contribution in [0.4, 0.5) is 0 Å². The first-order valence-electron chi connectivity index (χ1n) is 7.06. The van der Waals surface area contributed by atoms with E-state index in [2.05, 4.69) is 4.90 Å². The molecule has 6 heteroatoms. The molecular weight excluding hydrogens is 250 g/mol. The van der Waals surface area contributed by atoms with E-state index in [0.717, 1.165) is 58.3 Å². The number of hydrogen-bond donors (Lipinski definition) is 1. The number of hydrogen-bond acceptors (Lipinski definition) is 4. The number of unbranched alkanes of at least 4 members (excludes halogenated alkanes) is 1. The van der Waals surface area contributed by atoms with Gasteiger partial charge in [-0.2, -0.15) is 0 Å². The van der Waals surface area contributed by atoms with Gasteiger partial charge in [-0.3, -0.25) is 0 Å². The highest BCUT2D eigenvalue weighted by Gasteiger charge is 2.40. The van der Waals surface area contributed by atoms with Crippen LogP contribution in [0.25, 0.3) is 0 Å². The van der Waals surface area contributed by atoms with Crippen LogP contribution in [0.15, 0.2) is 0 Å². The van der Waals surface area contributed by atoms with Crippen LogP contribution in [0.3, 0.4) is 0 Å². The summed E-state index contributed by atoms with van der Waals surface area (Å²) in [6, 6.07) is 0. The van der Waals surface area contributed by atoms with Gasteiger partial charge in [-0.05, 0) is 51.7 Å². The van der Waals surface area contributed by atoms with Crippen molar-refractivity contribution in [3.05, 3.63) is 0 Å². The molecule has 1 heterocycles. The summed E-state index contributed by atoms with van der Waals surface area (Å²) in [5.41, 5.74) is 5.49. The third-order valence-corrected chi connectivity index (χ3v) is 6.18. The lowest BCUT2D eigenvalue weighted by Gasteiger charge is -2.21. The normalized spacial score (nSPS) is 24.1. The quantitative estimate of drug-likeness (QED) is 0.705. The van der Waals surface area contributed by atoms with Crippen LogP contribution in [-0.4, -0.2) is 62.1 Å². The summed E-state index contributed by atoms with van der Waals surface area (Å²) in [5.74, 6) is 0. The van der Waals surface area contributed by atoms with E-state index in [1.54, 1.807) is 4.31 Å². The van der Waals surface area contributed by atoms with Crippen LogP contribution in [0.1, 0.15) is 32.1 Å². The summed E-state index contributed by atoms with van der Waals surface area (Å²) in [5, 5.41) is -0.0682. The number of rotatable bonds is 6. The Hall–Kier alpha value is -0.170. The van der Waals surface area contributed by atoms with Gasteiger partial charge in [-0.15, -0.1) is 0 Å². The molecule has 0 radical (unpaired) electrons. The summed E-state index contributed by atoms with van der Waals surface area (Å²) < 4.78 is 26.0. The van der Waals surface area contributed by atoms with Gasteiger partial charge >= 0.3 is 0 Å². The predicted octanol–water partition coefficient (Wildman–Crippen LogP) is 0.225. The minimum absolute atomic E-state index is 0.0682. The number of sulfonamides is 1. The van der Waals surface area contributed by atoms with Gasteiger partial charge in [0.1, 0.15) is 0 Å². The zero-order chi connectivity index (χ0) is 13.0. The Labute approximate surface area is 110 Å². The first-order chi connectivity index (χ1) is 8.64. The molecule has 2 fully saturated rings. The Kier molecular flexibility index (Phi) is 5.00. The number of nitrogens with zero attached hydrogens (tertiary/aromatic N) is 2. The minimum atomic E-state index is -2.97. The summed E-state index contributed by atoms with van der Waals surface area (Å²) in [4.78, 5) is 2.37. The highest BCUT2D eigenvalue weighted by Crippen LogP contribution is 2.31. The molecule has 1 aliphatic heterocycles. The molecule has 1 aliphatic carbocycles. The Balaban J connectivity index is 1.81. The van der Waals surface area contributed by atoms with E-state index < -0.39 is 10.0 Å². The molecule has 0 aromatic carbocycles. The SMILES string of the molecule is NCCCCN1CCCN(S(=O)(=O)C2CC2)CC1. The van der Waals surface area contributed by atoms with Gasteiger partial charge in [0.25, 0.3) is 0 Å². The molecule has 5 nitrogen and oxygen atoms in total. The molecule has 2 rings (SSSR count). The van der Waals surface area contributed by atoms with Gasteiger partial charge in [0.05, 0.1) is 5.25 Å². The van der Waals surface area contributed by atoms with Crippen molar-refractivity contribution in [1.29, 1.82) is 0 Å². The predicted molar refractivity (Wildman–Crippen MR) is 72.9 cm³/mol. The molecule has 2 aliphatic rings. The third kappa shape index (κ3) is 3.66. The monoisotopic (exact) mass is 275 g/mol. The van der Waals surface area contributed by atoms with E-state index in [1.807, 2.05) is 0 Å². The molecule has 2 N–H and O–H groups in total. The summed E-state index contributed by atoms with van der Waals surface area (Å²) in [7, 11) is -2.97. The summed E-state index contributed by atoms with van der Waals surface area (Å²) in [6.45, 7) is 5.05. The molecular formula is C12H25N3O2S. The molecule has 0 aromatic rings. The first kappa shape index (κ1) is 14.2. The average Bonchev–Trinajstić information content (AvgIpc) is 3.17. The van der Waals surface area contributed by atoms with E-state index in [9.17, 15) is 8.42 Å². The second kappa shape index (κ2) is 6.32. The Morgan fingerprint density at radius 3 is 2.50 bits per heavy atom. The van der Waals surface area contributed by atoms with Crippen molar-refractivity contribution in [3.63, 3.8) is 0 Å². The van der Waals surface area contributed by atoms with Crippen LogP contribution in [0.2, 0.25) is 0 Å². The van der Waals surface area contributed by atoms with E-state index in [-0.39, 0.29) is 5.25 Å². The second-order valence-electron chi connectivity index (χ2n) is 5.33. The van der Waals surface area contributed by atoms with Gasteiger partial charge in [0.2, 0.25) is 10.0 Å². The second-order valence-corrected chi connectivity index (χ2v) is 7.55. The van der Waals surface area contributed by atoms with Crippen molar-refractivity contribution in [2.75, 3.05) is 39.3 Å². The summed E-state index contributed by atoms with van der Waals surface area (Å²) >= 11 is 0. The fourth-order valence-corrected chi connectivity index (χ4v) is 4.35. The number of nitrogens with two attached hydrogens (primary N) is 1. The van der Waals surface area contributed by atoms with Gasteiger partial charge < -0.3 is 10.6 Å². The zero-order valence-corrected chi connectivity index (χ0v) is 11.9. The summed E-state index contributed by atoms with van der Waals surface area (Å²) in [6.07, 6.45) is 4.85. The van der Waals surface area contributed by atoms with E-state index in [1.165, 1.54) is 0 Å². The van der Waals surface area contributed by atoms with Crippen molar-refractivity contribution < 1.29 is 8.42 Å². The largest absolute Gasteiger partial charge is 0.330 e. The Morgan fingerprint density at radius 2 is 1.83 bits per heavy atom. The molecule has 0 amide bonds. The molecule has 1 saturated carbocycles. The van der Waals surface area contributed by atoms with Gasteiger partial charge in [0, 0.05) is 19.6 Å². The lowest BCUT2D eigenvalue weighted by molar-refractivity contribution is 0.281. The van der Waals surface area contributed by atoms with Crippen LogP contribution < -0.4 is 5.73 Å². The van der Waals surface area contributed by atoms with Crippen molar-refractivity contribution in [2.45, 2.75) is 37.4 Å². The lowest BCUT2D eigenvalue weighted by Crippen LogP contribution is -2.37. The highest BCUT2D eigenvalue weighted by molar-refractivity contribution is 7.90. The molecule has 1 saturated heterocycles. The molecule has 0 aromatic heterocycles. The van der Waals surface area contributed by atoms with Crippen molar-refractivity contribution in [1.82, 2.24) is 9.21 Å². The van der Waals surface area contributed by atoms with Crippen LogP contribution in [-0.2, 0) is 10.0 Å². The van der Waals surface area contributed by atoms with Crippen molar-refractivity contribution in [3.8, 4) is 0 Å². The Morgan fingerprint density at radius 1 is 1.06 bits per heavy atom.